The highest BCUT2D eigenvalue weighted by molar-refractivity contribution is 7.91. The molecule has 0 aliphatic rings. The van der Waals surface area contributed by atoms with Gasteiger partial charge in [0.25, 0.3) is 15.9 Å². The van der Waals surface area contributed by atoms with Crippen molar-refractivity contribution in [3.63, 3.8) is 0 Å². The molecule has 10 nitrogen and oxygen atoms in total. The Morgan fingerprint density at radius 2 is 1.84 bits per heavy atom. The number of hydrogen-bond donors (Lipinski definition) is 3. The first kappa shape index (κ1) is 24.9. The lowest BCUT2D eigenvalue weighted by Crippen LogP contribution is -2.27. The molecule has 1 atom stereocenters. The SMILES string of the molecule is CC(C)CCOC(C)CC(=O)NCc1ccc(C(=O)Nc2nnc(S(N)(=O)=O)s2)cc1. The van der Waals surface area contributed by atoms with Gasteiger partial charge in [0.2, 0.25) is 15.4 Å². The third-order valence-corrected chi connectivity index (χ3v) is 6.30. The van der Waals surface area contributed by atoms with Crippen LogP contribution in [0, 0.1) is 5.92 Å². The number of amides is 2. The molecule has 170 valence electrons. The maximum Gasteiger partial charge on any atom is 0.267 e. The first-order valence-corrected chi connectivity index (χ1v) is 12.1. The predicted molar refractivity (Wildman–Crippen MR) is 117 cm³/mol. The molecule has 0 bridgehead atoms. The molecule has 0 saturated carbocycles. The third kappa shape index (κ3) is 8.69. The summed E-state index contributed by atoms with van der Waals surface area (Å²) in [7, 11) is -3.97. The van der Waals surface area contributed by atoms with Crippen LogP contribution in [0.1, 0.15) is 49.5 Å². The average Bonchev–Trinajstić information content (AvgIpc) is 3.15. The molecule has 1 unspecified atom stereocenters. The maximum atomic E-state index is 12.3. The number of nitrogens with zero attached hydrogens (tertiary/aromatic N) is 2. The van der Waals surface area contributed by atoms with Crippen LogP contribution in [0.15, 0.2) is 28.6 Å². The van der Waals surface area contributed by atoms with Crippen LogP contribution in [0.4, 0.5) is 5.13 Å². The Labute approximate surface area is 185 Å². The zero-order valence-electron chi connectivity index (χ0n) is 17.6. The third-order valence-electron chi connectivity index (χ3n) is 4.15. The number of rotatable bonds is 11. The molecule has 0 aliphatic carbocycles. The molecule has 2 aromatic rings. The highest BCUT2D eigenvalue weighted by Crippen LogP contribution is 2.19. The van der Waals surface area contributed by atoms with E-state index in [4.69, 9.17) is 9.88 Å². The van der Waals surface area contributed by atoms with Crippen molar-refractivity contribution >= 4 is 38.3 Å². The Morgan fingerprint density at radius 1 is 1.16 bits per heavy atom. The fourth-order valence-corrected chi connectivity index (χ4v) is 3.74. The highest BCUT2D eigenvalue weighted by atomic mass is 32.2. The molecule has 0 saturated heterocycles. The first-order chi connectivity index (χ1) is 14.5. The number of carbonyl (C=O) groups excluding carboxylic acids is 2. The van der Waals surface area contributed by atoms with Gasteiger partial charge in [-0.3, -0.25) is 14.9 Å². The van der Waals surface area contributed by atoms with Crippen LogP contribution in [-0.4, -0.2) is 43.1 Å². The van der Waals surface area contributed by atoms with E-state index >= 15 is 0 Å². The number of benzene rings is 1. The Hall–Kier alpha value is -2.41. The molecule has 1 aromatic carbocycles. The summed E-state index contributed by atoms with van der Waals surface area (Å²) >= 11 is 0.663. The summed E-state index contributed by atoms with van der Waals surface area (Å²) in [5.74, 6) is -0.0234. The lowest BCUT2D eigenvalue weighted by atomic mass is 10.1. The number of carbonyl (C=O) groups is 2. The highest BCUT2D eigenvalue weighted by Gasteiger charge is 2.17. The van der Waals surface area contributed by atoms with E-state index in [-0.39, 0.29) is 27.9 Å². The van der Waals surface area contributed by atoms with Crippen molar-refractivity contribution in [2.24, 2.45) is 11.1 Å². The molecule has 1 heterocycles. The summed E-state index contributed by atoms with van der Waals surface area (Å²) < 4.78 is 27.7. The largest absolute Gasteiger partial charge is 0.378 e. The van der Waals surface area contributed by atoms with E-state index in [1.165, 1.54) is 0 Å². The minimum Gasteiger partial charge on any atom is -0.378 e. The van der Waals surface area contributed by atoms with Gasteiger partial charge in [-0.15, -0.1) is 10.2 Å². The lowest BCUT2D eigenvalue weighted by molar-refractivity contribution is -0.123. The van der Waals surface area contributed by atoms with Gasteiger partial charge in [0.1, 0.15) is 0 Å². The van der Waals surface area contributed by atoms with Crippen molar-refractivity contribution in [3.05, 3.63) is 35.4 Å². The number of primary sulfonamides is 1. The number of aromatic nitrogens is 2. The molecular formula is C19H27N5O5S2. The summed E-state index contributed by atoms with van der Waals surface area (Å²) in [5.41, 5.74) is 1.17. The zero-order valence-corrected chi connectivity index (χ0v) is 19.3. The van der Waals surface area contributed by atoms with Crippen LogP contribution in [-0.2, 0) is 26.1 Å². The zero-order chi connectivity index (χ0) is 23.0. The molecule has 2 rings (SSSR count). The van der Waals surface area contributed by atoms with Crippen molar-refractivity contribution in [1.82, 2.24) is 15.5 Å². The molecule has 2 amide bonds. The molecule has 0 aliphatic heterocycles. The van der Waals surface area contributed by atoms with Gasteiger partial charge in [-0.2, -0.15) is 0 Å². The van der Waals surface area contributed by atoms with Gasteiger partial charge < -0.3 is 10.1 Å². The van der Waals surface area contributed by atoms with Crippen molar-refractivity contribution in [2.75, 3.05) is 11.9 Å². The van der Waals surface area contributed by atoms with Gasteiger partial charge in [0, 0.05) is 18.7 Å². The summed E-state index contributed by atoms with van der Waals surface area (Å²) in [6.45, 7) is 7.08. The minimum absolute atomic E-state index is 0.0232. The van der Waals surface area contributed by atoms with Crippen LogP contribution in [0.25, 0.3) is 0 Å². The lowest BCUT2D eigenvalue weighted by Gasteiger charge is -2.14. The number of anilines is 1. The van der Waals surface area contributed by atoms with E-state index < -0.39 is 15.9 Å². The fourth-order valence-electron chi connectivity index (χ4n) is 2.42. The van der Waals surface area contributed by atoms with Gasteiger partial charge in [-0.05, 0) is 37.0 Å². The second kappa shape index (κ2) is 11.3. The minimum atomic E-state index is -3.97. The van der Waals surface area contributed by atoms with Crippen LogP contribution in [0.3, 0.4) is 0 Å². The molecule has 0 fully saturated rings. The number of ether oxygens (including phenoxy) is 1. The van der Waals surface area contributed by atoms with Crippen molar-refractivity contribution in [3.8, 4) is 0 Å². The van der Waals surface area contributed by atoms with Gasteiger partial charge in [-0.25, -0.2) is 13.6 Å². The number of sulfonamides is 1. The van der Waals surface area contributed by atoms with Crippen LogP contribution >= 0.6 is 11.3 Å². The normalized spacial score (nSPS) is 12.5. The molecule has 0 spiro atoms. The second-order valence-electron chi connectivity index (χ2n) is 7.41. The Bertz CT molecular complexity index is 989. The molecule has 4 N–H and O–H groups in total. The summed E-state index contributed by atoms with van der Waals surface area (Å²) in [6, 6.07) is 6.62. The summed E-state index contributed by atoms with van der Waals surface area (Å²) in [6.07, 6.45) is 1.08. The van der Waals surface area contributed by atoms with E-state index in [2.05, 4.69) is 34.7 Å². The van der Waals surface area contributed by atoms with Gasteiger partial charge in [0.15, 0.2) is 0 Å². The Balaban J connectivity index is 1.80. The first-order valence-electron chi connectivity index (χ1n) is 9.69. The maximum absolute atomic E-state index is 12.3. The Morgan fingerprint density at radius 3 is 2.42 bits per heavy atom. The quantitative estimate of drug-likeness (QED) is 0.425. The van der Waals surface area contributed by atoms with Gasteiger partial charge in [-0.1, -0.05) is 37.3 Å². The van der Waals surface area contributed by atoms with E-state index in [0.717, 1.165) is 12.0 Å². The smallest absolute Gasteiger partial charge is 0.267 e. The number of nitrogens with one attached hydrogen (secondary N) is 2. The number of nitrogens with two attached hydrogens (primary N) is 1. The van der Waals surface area contributed by atoms with E-state index in [9.17, 15) is 18.0 Å². The summed E-state index contributed by atoms with van der Waals surface area (Å²) in [4.78, 5) is 24.3. The van der Waals surface area contributed by atoms with Crippen molar-refractivity contribution < 1.29 is 22.7 Å². The fraction of sp³-hybridized carbons (Fsp3) is 0.474. The van der Waals surface area contributed by atoms with Crippen molar-refractivity contribution in [2.45, 2.75) is 50.6 Å². The molecule has 1 aromatic heterocycles. The second-order valence-corrected chi connectivity index (χ2v) is 10.1. The van der Waals surface area contributed by atoms with Crippen LogP contribution < -0.4 is 15.8 Å². The standard InChI is InChI=1S/C19H27N5O5S2/c1-12(2)8-9-29-13(3)10-16(25)21-11-14-4-6-15(7-5-14)17(26)22-18-23-24-19(30-18)31(20,27)28/h4-7,12-13H,8-11H2,1-3H3,(H,21,25)(H2,20,27,28)(H,22,23,26). The Kier molecular flexibility index (Phi) is 9.04. The summed E-state index contributed by atoms with van der Waals surface area (Å²) in [5, 5.41) is 17.3. The molecule has 31 heavy (non-hydrogen) atoms. The molecule has 12 heteroatoms. The number of hydrogen-bond acceptors (Lipinski definition) is 8. The van der Waals surface area contributed by atoms with E-state index in [1.54, 1.807) is 24.3 Å². The predicted octanol–water partition coefficient (Wildman–Crippen LogP) is 1.90. The van der Waals surface area contributed by atoms with E-state index in [1.807, 2.05) is 6.92 Å². The van der Waals surface area contributed by atoms with Crippen LogP contribution in [0.2, 0.25) is 0 Å². The topological polar surface area (TPSA) is 153 Å². The van der Waals surface area contributed by atoms with Gasteiger partial charge >= 0.3 is 0 Å². The van der Waals surface area contributed by atoms with E-state index in [0.29, 0.717) is 36.0 Å². The monoisotopic (exact) mass is 469 g/mol. The molecular weight excluding hydrogens is 442 g/mol. The van der Waals surface area contributed by atoms with Crippen LogP contribution in [0.5, 0.6) is 0 Å². The van der Waals surface area contributed by atoms with Crippen molar-refractivity contribution in [1.29, 1.82) is 0 Å². The van der Waals surface area contributed by atoms with Gasteiger partial charge in [0.05, 0.1) is 12.5 Å². The average molecular weight is 470 g/mol. The molecule has 0 radical (unpaired) electrons.